The van der Waals surface area contributed by atoms with Gasteiger partial charge in [0.15, 0.2) is 11.5 Å². The Bertz CT molecular complexity index is 657. The fraction of sp³-hybridized carbons (Fsp3) is 0.294. The summed E-state index contributed by atoms with van der Waals surface area (Å²) in [6.45, 7) is 3.21. The highest BCUT2D eigenvalue weighted by Crippen LogP contribution is 2.36. The van der Waals surface area contributed by atoms with Gasteiger partial charge in [0.25, 0.3) is 0 Å². The summed E-state index contributed by atoms with van der Waals surface area (Å²) in [6.07, 6.45) is 0. The van der Waals surface area contributed by atoms with Gasteiger partial charge in [0.05, 0.1) is 6.04 Å². The lowest BCUT2D eigenvalue weighted by molar-refractivity contribution is 0.171. The molecule has 3 rings (SSSR count). The molecule has 1 aliphatic heterocycles. The van der Waals surface area contributed by atoms with Crippen molar-refractivity contribution in [2.24, 2.45) is 0 Å². The van der Waals surface area contributed by atoms with Crippen LogP contribution in [0.2, 0.25) is 5.02 Å². The molecule has 2 aromatic carbocycles. The molecule has 0 spiro atoms. The van der Waals surface area contributed by atoms with Gasteiger partial charge in [0.1, 0.15) is 13.2 Å². The zero-order chi connectivity index (χ0) is 14.8. The van der Waals surface area contributed by atoms with Gasteiger partial charge < -0.3 is 14.8 Å². The zero-order valence-corrected chi connectivity index (χ0v) is 12.9. The number of nitrogens with one attached hydrogen (secondary N) is 1. The number of halogens is 1. The third-order valence-electron chi connectivity index (χ3n) is 3.72. The molecule has 1 heterocycles. The third kappa shape index (κ3) is 2.71. The van der Waals surface area contributed by atoms with Crippen LogP contribution in [0.15, 0.2) is 36.4 Å². The Hall–Kier alpha value is -1.71. The maximum Gasteiger partial charge on any atom is 0.161 e. The Morgan fingerprint density at radius 2 is 1.86 bits per heavy atom. The Morgan fingerprint density at radius 3 is 2.62 bits per heavy atom. The molecule has 0 aliphatic carbocycles. The molecule has 3 nitrogen and oxygen atoms in total. The molecule has 21 heavy (non-hydrogen) atoms. The van der Waals surface area contributed by atoms with E-state index in [2.05, 4.69) is 5.32 Å². The molecule has 1 N–H and O–H groups in total. The average Bonchev–Trinajstić information content (AvgIpc) is 2.52. The van der Waals surface area contributed by atoms with Crippen molar-refractivity contribution in [3.63, 3.8) is 0 Å². The molecule has 0 saturated carbocycles. The predicted octanol–water partition coefficient (Wildman–Crippen LogP) is 3.73. The zero-order valence-electron chi connectivity index (χ0n) is 12.2. The fourth-order valence-corrected chi connectivity index (χ4v) is 2.87. The van der Waals surface area contributed by atoms with Crippen LogP contribution in [0.4, 0.5) is 0 Å². The second-order valence-electron chi connectivity index (χ2n) is 5.10. The molecule has 0 bridgehead atoms. The van der Waals surface area contributed by atoms with Gasteiger partial charge in [-0.05, 0) is 42.8 Å². The van der Waals surface area contributed by atoms with Crippen molar-refractivity contribution < 1.29 is 9.47 Å². The summed E-state index contributed by atoms with van der Waals surface area (Å²) < 4.78 is 11.2. The summed E-state index contributed by atoms with van der Waals surface area (Å²) in [5.74, 6) is 1.60. The van der Waals surface area contributed by atoms with Crippen molar-refractivity contribution in [1.29, 1.82) is 0 Å². The fourth-order valence-electron chi connectivity index (χ4n) is 2.63. The Morgan fingerprint density at radius 1 is 1.10 bits per heavy atom. The average molecular weight is 304 g/mol. The van der Waals surface area contributed by atoms with Crippen molar-refractivity contribution >= 4 is 11.6 Å². The first kappa shape index (κ1) is 14.2. The number of fused-ring (bicyclic) bond motifs is 1. The van der Waals surface area contributed by atoms with Gasteiger partial charge in [0, 0.05) is 5.02 Å². The number of rotatable bonds is 3. The molecular weight excluding hydrogens is 286 g/mol. The first-order chi connectivity index (χ1) is 10.2. The molecule has 0 fully saturated rings. The molecule has 1 aliphatic rings. The van der Waals surface area contributed by atoms with Crippen molar-refractivity contribution in [2.45, 2.75) is 13.0 Å². The number of hydrogen-bond donors (Lipinski definition) is 1. The Labute approximate surface area is 129 Å². The minimum atomic E-state index is 0.0215. The van der Waals surface area contributed by atoms with E-state index in [-0.39, 0.29) is 6.04 Å². The van der Waals surface area contributed by atoms with E-state index < -0.39 is 0 Å². The summed E-state index contributed by atoms with van der Waals surface area (Å²) in [5, 5.41) is 4.13. The number of aryl methyl sites for hydroxylation is 1. The van der Waals surface area contributed by atoms with Gasteiger partial charge in [0.2, 0.25) is 0 Å². The molecule has 2 aromatic rings. The molecule has 0 aromatic heterocycles. The van der Waals surface area contributed by atoms with Gasteiger partial charge in [-0.1, -0.05) is 35.9 Å². The molecule has 1 unspecified atom stereocenters. The first-order valence-electron chi connectivity index (χ1n) is 7.02. The molecule has 1 atom stereocenters. The van der Waals surface area contributed by atoms with E-state index in [0.29, 0.717) is 13.2 Å². The van der Waals surface area contributed by atoms with Gasteiger partial charge in [-0.2, -0.15) is 0 Å². The largest absolute Gasteiger partial charge is 0.486 e. The summed E-state index contributed by atoms with van der Waals surface area (Å²) in [5.41, 5.74) is 3.25. The van der Waals surface area contributed by atoms with Crippen LogP contribution in [0.5, 0.6) is 11.5 Å². The lowest BCUT2D eigenvalue weighted by atomic mass is 9.97. The van der Waals surface area contributed by atoms with E-state index >= 15 is 0 Å². The second-order valence-corrected chi connectivity index (χ2v) is 5.48. The van der Waals surface area contributed by atoms with Crippen LogP contribution in [0.1, 0.15) is 22.7 Å². The molecule has 0 saturated heterocycles. The Balaban J connectivity index is 2.02. The number of hydrogen-bond acceptors (Lipinski definition) is 3. The summed E-state index contributed by atoms with van der Waals surface area (Å²) in [6, 6.07) is 12.1. The quantitative estimate of drug-likeness (QED) is 0.937. The molecular formula is C17H18ClNO2. The van der Waals surface area contributed by atoms with E-state index in [1.807, 2.05) is 50.4 Å². The van der Waals surface area contributed by atoms with Crippen LogP contribution in [-0.4, -0.2) is 20.3 Å². The van der Waals surface area contributed by atoms with E-state index in [0.717, 1.165) is 33.2 Å². The van der Waals surface area contributed by atoms with Crippen LogP contribution < -0.4 is 14.8 Å². The smallest absolute Gasteiger partial charge is 0.161 e. The van der Waals surface area contributed by atoms with Crippen LogP contribution in [0.25, 0.3) is 0 Å². The highest BCUT2D eigenvalue weighted by molar-refractivity contribution is 6.32. The van der Waals surface area contributed by atoms with Crippen molar-refractivity contribution in [3.8, 4) is 11.5 Å². The highest BCUT2D eigenvalue weighted by atomic mass is 35.5. The standard InChI is InChI=1S/C17H18ClNO2/c1-11-4-3-5-13(16(11)18)17(19-2)12-6-7-14-15(10-12)21-9-8-20-14/h3-7,10,17,19H,8-9H2,1-2H3. The topological polar surface area (TPSA) is 30.5 Å². The van der Waals surface area contributed by atoms with Crippen LogP contribution >= 0.6 is 11.6 Å². The maximum absolute atomic E-state index is 6.46. The van der Waals surface area contributed by atoms with Gasteiger partial charge in [-0.3, -0.25) is 0 Å². The minimum Gasteiger partial charge on any atom is -0.486 e. The second kappa shape index (κ2) is 5.96. The van der Waals surface area contributed by atoms with E-state index in [1.54, 1.807) is 0 Å². The van der Waals surface area contributed by atoms with E-state index in [9.17, 15) is 0 Å². The number of ether oxygens (including phenoxy) is 2. The van der Waals surface area contributed by atoms with Gasteiger partial charge in [-0.15, -0.1) is 0 Å². The minimum absolute atomic E-state index is 0.0215. The van der Waals surface area contributed by atoms with Crippen LogP contribution in [0, 0.1) is 6.92 Å². The first-order valence-corrected chi connectivity index (χ1v) is 7.40. The van der Waals surface area contributed by atoms with Crippen LogP contribution in [-0.2, 0) is 0 Å². The Kier molecular flexibility index (Phi) is 4.04. The summed E-state index contributed by atoms with van der Waals surface area (Å²) >= 11 is 6.46. The lowest BCUT2D eigenvalue weighted by Crippen LogP contribution is -2.20. The molecule has 0 amide bonds. The van der Waals surface area contributed by atoms with Crippen molar-refractivity contribution in [1.82, 2.24) is 5.32 Å². The van der Waals surface area contributed by atoms with Crippen molar-refractivity contribution in [2.75, 3.05) is 20.3 Å². The van der Waals surface area contributed by atoms with Crippen molar-refractivity contribution in [3.05, 3.63) is 58.1 Å². The molecule has 4 heteroatoms. The summed E-state index contributed by atoms with van der Waals surface area (Å²) in [4.78, 5) is 0. The SMILES string of the molecule is CNC(c1ccc2c(c1)OCCO2)c1cccc(C)c1Cl. The predicted molar refractivity (Wildman–Crippen MR) is 84.5 cm³/mol. The lowest BCUT2D eigenvalue weighted by Gasteiger charge is -2.23. The van der Waals surface area contributed by atoms with Gasteiger partial charge >= 0.3 is 0 Å². The molecule has 0 radical (unpaired) electrons. The number of benzene rings is 2. The third-order valence-corrected chi connectivity index (χ3v) is 4.24. The normalized spacial score (nSPS) is 14.8. The monoisotopic (exact) mass is 303 g/mol. The molecule has 110 valence electrons. The summed E-state index contributed by atoms with van der Waals surface area (Å²) in [7, 11) is 1.93. The van der Waals surface area contributed by atoms with E-state index in [1.165, 1.54) is 0 Å². The van der Waals surface area contributed by atoms with Crippen LogP contribution in [0.3, 0.4) is 0 Å². The highest BCUT2D eigenvalue weighted by Gasteiger charge is 2.19. The van der Waals surface area contributed by atoms with E-state index in [4.69, 9.17) is 21.1 Å². The maximum atomic E-state index is 6.46. The van der Waals surface area contributed by atoms with Gasteiger partial charge in [-0.25, -0.2) is 0 Å².